The summed E-state index contributed by atoms with van der Waals surface area (Å²) in [5, 5.41) is 12.4. The maximum atomic E-state index is 11.3. The van der Waals surface area contributed by atoms with E-state index in [-0.39, 0.29) is 0 Å². The van der Waals surface area contributed by atoms with E-state index in [1.54, 1.807) is 0 Å². The molecule has 0 saturated carbocycles. The molecule has 4 heteroatoms. The normalized spacial score (nSPS) is 24.6. The molecular formula is C12H14BrNO2. The Morgan fingerprint density at radius 2 is 2.38 bits per heavy atom. The Morgan fingerprint density at radius 3 is 2.94 bits per heavy atom. The van der Waals surface area contributed by atoms with E-state index in [9.17, 15) is 9.90 Å². The lowest BCUT2D eigenvalue weighted by Gasteiger charge is -2.24. The highest BCUT2D eigenvalue weighted by Gasteiger charge is 2.40. The quantitative estimate of drug-likeness (QED) is 0.894. The molecule has 1 aromatic rings. The van der Waals surface area contributed by atoms with Crippen LogP contribution in [0.5, 0.6) is 0 Å². The first kappa shape index (κ1) is 11.6. The molecule has 0 bridgehead atoms. The number of halogens is 1. The number of aliphatic carboxylic acids is 1. The number of carbonyl (C=O) groups is 1. The molecule has 1 atom stereocenters. The van der Waals surface area contributed by atoms with Crippen LogP contribution in [-0.4, -0.2) is 23.2 Å². The fourth-order valence-electron chi connectivity index (χ4n) is 2.21. The minimum absolute atomic E-state index is 0.543. The number of hydrogen-bond donors (Lipinski definition) is 2. The topological polar surface area (TPSA) is 49.3 Å². The lowest BCUT2D eigenvalue weighted by molar-refractivity contribution is -0.144. The third-order valence-corrected chi connectivity index (χ3v) is 3.54. The first-order chi connectivity index (χ1) is 7.62. The van der Waals surface area contributed by atoms with Gasteiger partial charge in [0.05, 0.1) is 0 Å². The zero-order valence-electron chi connectivity index (χ0n) is 8.87. The van der Waals surface area contributed by atoms with E-state index in [0.717, 1.165) is 23.0 Å². The van der Waals surface area contributed by atoms with Crippen LogP contribution in [0.2, 0.25) is 0 Å². The number of carboxylic acids is 1. The van der Waals surface area contributed by atoms with Gasteiger partial charge in [-0.1, -0.05) is 28.1 Å². The van der Waals surface area contributed by atoms with E-state index in [4.69, 9.17) is 0 Å². The molecule has 1 aliphatic rings. The van der Waals surface area contributed by atoms with Gasteiger partial charge < -0.3 is 10.4 Å². The van der Waals surface area contributed by atoms with Crippen LogP contribution < -0.4 is 5.32 Å². The van der Waals surface area contributed by atoms with Crippen molar-refractivity contribution >= 4 is 21.9 Å². The Labute approximate surface area is 103 Å². The molecule has 0 spiro atoms. The van der Waals surface area contributed by atoms with Gasteiger partial charge in [0, 0.05) is 10.9 Å². The minimum Gasteiger partial charge on any atom is -0.480 e. The smallest absolute Gasteiger partial charge is 0.324 e. The number of nitrogens with one attached hydrogen (secondary N) is 1. The SMILES string of the molecule is O=C(O)C1(Cc2cccc(Br)c2)CCCN1. The van der Waals surface area contributed by atoms with Crippen molar-refractivity contribution in [1.82, 2.24) is 5.32 Å². The molecule has 1 fully saturated rings. The average Bonchev–Trinajstić information content (AvgIpc) is 2.67. The molecule has 0 aromatic heterocycles. The Morgan fingerprint density at radius 1 is 1.56 bits per heavy atom. The molecule has 1 saturated heterocycles. The lowest BCUT2D eigenvalue weighted by atomic mass is 9.89. The van der Waals surface area contributed by atoms with Gasteiger partial charge in [0.25, 0.3) is 0 Å². The summed E-state index contributed by atoms with van der Waals surface area (Å²) in [6.07, 6.45) is 2.18. The second-order valence-electron chi connectivity index (χ2n) is 4.22. The monoisotopic (exact) mass is 283 g/mol. The van der Waals surface area contributed by atoms with Crippen LogP contribution in [0.1, 0.15) is 18.4 Å². The van der Waals surface area contributed by atoms with Crippen molar-refractivity contribution in [1.29, 1.82) is 0 Å². The highest BCUT2D eigenvalue weighted by atomic mass is 79.9. The van der Waals surface area contributed by atoms with Gasteiger partial charge in [-0.2, -0.15) is 0 Å². The van der Waals surface area contributed by atoms with Crippen molar-refractivity contribution in [2.45, 2.75) is 24.8 Å². The minimum atomic E-state index is -0.763. The fraction of sp³-hybridized carbons (Fsp3) is 0.417. The summed E-state index contributed by atoms with van der Waals surface area (Å²) in [6.45, 7) is 0.792. The highest BCUT2D eigenvalue weighted by Crippen LogP contribution is 2.25. The summed E-state index contributed by atoms with van der Waals surface area (Å²) >= 11 is 3.40. The molecule has 0 amide bonds. The largest absolute Gasteiger partial charge is 0.480 e. The van der Waals surface area contributed by atoms with E-state index in [0.29, 0.717) is 12.8 Å². The van der Waals surface area contributed by atoms with Gasteiger partial charge >= 0.3 is 5.97 Å². The summed E-state index contributed by atoms with van der Waals surface area (Å²) in [7, 11) is 0. The average molecular weight is 284 g/mol. The first-order valence-electron chi connectivity index (χ1n) is 5.35. The molecule has 86 valence electrons. The molecule has 1 heterocycles. The second kappa shape index (κ2) is 4.55. The molecule has 3 nitrogen and oxygen atoms in total. The number of benzene rings is 1. The standard InChI is InChI=1S/C12H14BrNO2/c13-10-4-1-3-9(7-10)8-12(11(15)16)5-2-6-14-12/h1,3-4,7,14H,2,5-6,8H2,(H,15,16). The summed E-state index contributed by atoms with van der Waals surface area (Å²) in [4.78, 5) is 11.3. The third kappa shape index (κ3) is 2.28. The summed E-state index contributed by atoms with van der Waals surface area (Å²) in [6, 6.07) is 7.82. The van der Waals surface area contributed by atoms with Crippen molar-refractivity contribution in [2.75, 3.05) is 6.54 Å². The fourth-order valence-corrected chi connectivity index (χ4v) is 2.66. The van der Waals surface area contributed by atoms with Crippen molar-refractivity contribution in [3.8, 4) is 0 Å². The number of carboxylic acid groups (broad SMARTS) is 1. The zero-order valence-corrected chi connectivity index (χ0v) is 10.5. The van der Waals surface area contributed by atoms with Crippen LogP contribution in [0.15, 0.2) is 28.7 Å². The predicted octanol–water partition coefficient (Wildman–Crippen LogP) is 2.20. The van der Waals surface area contributed by atoms with E-state index in [1.165, 1.54) is 0 Å². The zero-order chi connectivity index (χ0) is 11.6. The van der Waals surface area contributed by atoms with Crippen LogP contribution in [0, 0.1) is 0 Å². The van der Waals surface area contributed by atoms with Crippen molar-refractivity contribution in [3.05, 3.63) is 34.3 Å². The molecule has 0 radical (unpaired) electrons. The van der Waals surface area contributed by atoms with Gasteiger partial charge in [-0.25, -0.2) is 0 Å². The van der Waals surface area contributed by atoms with Crippen molar-refractivity contribution < 1.29 is 9.90 Å². The first-order valence-corrected chi connectivity index (χ1v) is 6.15. The van der Waals surface area contributed by atoms with E-state index >= 15 is 0 Å². The van der Waals surface area contributed by atoms with Crippen LogP contribution in [0.3, 0.4) is 0 Å². The molecule has 16 heavy (non-hydrogen) atoms. The molecule has 2 N–H and O–H groups in total. The molecule has 2 rings (SSSR count). The number of rotatable bonds is 3. The van der Waals surface area contributed by atoms with Gasteiger partial charge in [-0.15, -0.1) is 0 Å². The Balaban J connectivity index is 2.21. The second-order valence-corrected chi connectivity index (χ2v) is 5.14. The van der Waals surface area contributed by atoms with Crippen molar-refractivity contribution in [3.63, 3.8) is 0 Å². The van der Waals surface area contributed by atoms with Gasteiger partial charge in [0.2, 0.25) is 0 Å². The lowest BCUT2D eigenvalue weighted by Crippen LogP contribution is -2.49. The van der Waals surface area contributed by atoms with Gasteiger partial charge in [0.1, 0.15) is 5.54 Å². The van der Waals surface area contributed by atoms with Crippen LogP contribution in [0.4, 0.5) is 0 Å². The Hall–Kier alpha value is -0.870. The molecule has 1 aromatic carbocycles. The van der Waals surface area contributed by atoms with E-state index in [1.807, 2.05) is 24.3 Å². The van der Waals surface area contributed by atoms with E-state index < -0.39 is 11.5 Å². The predicted molar refractivity (Wildman–Crippen MR) is 65.4 cm³/mol. The van der Waals surface area contributed by atoms with E-state index in [2.05, 4.69) is 21.2 Å². The van der Waals surface area contributed by atoms with Gasteiger partial charge in [0.15, 0.2) is 0 Å². The van der Waals surface area contributed by atoms with Crippen molar-refractivity contribution in [2.24, 2.45) is 0 Å². The summed E-state index contributed by atoms with van der Waals surface area (Å²) in [5.74, 6) is -0.745. The maximum absolute atomic E-state index is 11.3. The summed E-state index contributed by atoms with van der Waals surface area (Å²) in [5.41, 5.74) is 0.284. The van der Waals surface area contributed by atoms with Gasteiger partial charge in [-0.3, -0.25) is 4.79 Å². The van der Waals surface area contributed by atoms with Crippen LogP contribution in [-0.2, 0) is 11.2 Å². The third-order valence-electron chi connectivity index (χ3n) is 3.05. The molecule has 0 aliphatic carbocycles. The van der Waals surface area contributed by atoms with Crippen LogP contribution >= 0.6 is 15.9 Å². The molecule has 1 unspecified atom stereocenters. The summed E-state index contributed by atoms with van der Waals surface area (Å²) < 4.78 is 0.989. The molecule has 1 aliphatic heterocycles. The Kier molecular flexibility index (Phi) is 3.30. The van der Waals surface area contributed by atoms with Gasteiger partial charge in [-0.05, 0) is 37.1 Å². The van der Waals surface area contributed by atoms with Crippen LogP contribution in [0.25, 0.3) is 0 Å². The highest BCUT2D eigenvalue weighted by molar-refractivity contribution is 9.10. The maximum Gasteiger partial charge on any atom is 0.324 e. The Bertz CT molecular complexity index is 400. The molecular weight excluding hydrogens is 270 g/mol. The number of hydrogen-bond acceptors (Lipinski definition) is 2.